The Kier molecular flexibility index (Phi) is 4.18. The fourth-order valence-electron chi connectivity index (χ4n) is 3.01. The van der Waals surface area contributed by atoms with Gasteiger partial charge in [0.05, 0.1) is 12.0 Å². The number of anilines is 1. The van der Waals surface area contributed by atoms with E-state index in [1.54, 1.807) is 29.5 Å². The van der Waals surface area contributed by atoms with Crippen molar-refractivity contribution in [2.24, 2.45) is 5.92 Å². The molecule has 2 aromatic rings. The second-order valence-corrected chi connectivity index (χ2v) is 5.93. The Morgan fingerprint density at radius 3 is 2.64 bits per heavy atom. The molecule has 6 heteroatoms. The molecule has 0 radical (unpaired) electrons. The van der Waals surface area contributed by atoms with Crippen molar-refractivity contribution in [1.82, 2.24) is 19.5 Å². The van der Waals surface area contributed by atoms with Crippen LogP contribution in [0.25, 0.3) is 0 Å². The molecule has 0 amide bonds. The molecule has 22 heavy (non-hydrogen) atoms. The quantitative estimate of drug-likeness (QED) is 0.860. The molecule has 1 saturated heterocycles. The van der Waals surface area contributed by atoms with Crippen molar-refractivity contribution in [1.29, 1.82) is 0 Å². The molecule has 2 aromatic heterocycles. The standard InChI is InChI=1S/C16H21N5O/c1-12-9-17-11-21(16(12)22)10-14-3-7-20(8-4-14)15-13(2)18-5-6-19-15/h5-6,9,11,14H,3-4,7-8,10H2,1-2H3. The first kappa shape index (κ1) is 14.7. The van der Waals surface area contributed by atoms with Crippen LogP contribution in [0.2, 0.25) is 0 Å². The zero-order valence-electron chi connectivity index (χ0n) is 13.1. The molecule has 3 heterocycles. The van der Waals surface area contributed by atoms with Gasteiger partial charge in [-0.05, 0) is 32.6 Å². The maximum Gasteiger partial charge on any atom is 0.256 e. The van der Waals surface area contributed by atoms with Crippen LogP contribution in [0.15, 0.2) is 29.7 Å². The Morgan fingerprint density at radius 2 is 1.91 bits per heavy atom. The van der Waals surface area contributed by atoms with Crippen LogP contribution >= 0.6 is 0 Å². The van der Waals surface area contributed by atoms with E-state index in [1.165, 1.54) is 0 Å². The van der Waals surface area contributed by atoms with E-state index >= 15 is 0 Å². The maximum absolute atomic E-state index is 12.1. The molecule has 0 spiro atoms. The van der Waals surface area contributed by atoms with E-state index in [-0.39, 0.29) is 5.56 Å². The molecule has 0 bridgehead atoms. The van der Waals surface area contributed by atoms with E-state index in [0.717, 1.165) is 44.0 Å². The summed E-state index contributed by atoms with van der Waals surface area (Å²) in [6.45, 7) is 6.47. The van der Waals surface area contributed by atoms with Gasteiger partial charge in [-0.1, -0.05) is 0 Å². The second kappa shape index (κ2) is 6.25. The van der Waals surface area contributed by atoms with Crippen LogP contribution in [0, 0.1) is 19.8 Å². The van der Waals surface area contributed by atoms with Crippen molar-refractivity contribution in [3.63, 3.8) is 0 Å². The summed E-state index contributed by atoms with van der Waals surface area (Å²) in [5.74, 6) is 1.49. The van der Waals surface area contributed by atoms with Gasteiger partial charge >= 0.3 is 0 Å². The number of nitrogens with zero attached hydrogens (tertiary/aromatic N) is 5. The van der Waals surface area contributed by atoms with Crippen molar-refractivity contribution in [2.75, 3.05) is 18.0 Å². The largest absolute Gasteiger partial charge is 0.355 e. The van der Waals surface area contributed by atoms with Crippen LogP contribution in [0.4, 0.5) is 5.82 Å². The fraction of sp³-hybridized carbons (Fsp3) is 0.500. The SMILES string of the molecule is Cc1nccnc1N1CCC(Cn2cncc(C)c2=O)CC1. The van der Waals surface area contributed by atoms with Crippen molar-refractivity contribution in [2.45, 2.75) is 33.2 Å². The molecule has 0 aromatic carbocycles. The molecule has 0 saturated carbocycles. The lowest BCUT2D eigenvalue weighted by Crippen LogP contribution is -2.37. The highest BCUT2D eigenvalue weighted by molar-refractivity contribution is 5.42. The Balaban J connectivity index is 1.64. The minimum atomic E-state index is 0.0715. The smallest absolute Gasteiger partial charge is 0.256 e. The average molecular weight is 299 g/mol. The van der Waals surface area contributed by atoms with Crippen LogP contribution in [0.3, 0.4) is 0 Å². The summed E-state index contributed by atoms with van der Waals surface area (Å²) < 4.78 is 1.74. The van der Waals surface area contributed by atoms with Gasteiger partial charge in [0, 0.05) is 43.8 Å². The highest BCUT2D eigenvalue weighted by Gasteiger charge is 2.22. The van der Waals surface area contributed by atoms with E-state index in [4.69, 9.17) is 0 Å². The molecule has 6 nitrogen and oxygen atoms in total. The predicted octanol–water partition coefficient (Wildman–Crippen LogP) is 1.57. The van der Waals surface area contributed by atoms with Crippen LogP contribution in [0.1, 0.15) is 24.1 Å². The number of aromatic nitrogens is 4. The molecule has 1 aliphatic rings. The summed E-state index contributed by atoms with van der Waals surface area (Å²) in [5.41, 5.74) is 1.75. The van der Waals surface area contributed by atoms with Gasteiger partial charge in [-0.3, -0.25) is 14.3 Å². The normalized spacial score (nSPS) is 16.0. The van der Waals surface area contributed by atoms with Gasteiger partial charge in [-0.2, -0.15) is 0 Å². The van der Waals surface area contributed by atoms with Crippen LogP contribution in [-0.4, -0.2) is 32.6 Å². The van der Waals surface area contributed by atoms with Crippen molar-refractivity contribution in [3.05, 3.63) is 46.5 Å². The summed E-state index contributed by atoms with van der Waals surface area (Å²) in [7, 11) is 0. The minimum absolute atomic E-state index is 0.0715. The van der Waals surface area contributed by atoms with Crippen LogP contribution in [0.5, 0.6) is 0 Å². The average Bonchev–Trinajstić information content (AvgIpc) is 2.53. The monoisotopic (exact) mass is 299 g/mol. The zero-order chi connectivity index (χ0) is 15.5. The molecular formula is C16H21N5O. The minimum Gasteiger partial charge on any atom is -0.355 e. The van der Waals surface area contributed by atoms with Crippen molar-refractivity contribution < 1.29 is 0 Å². The third-order valence-corrected chi connectivity index (χ3v) is 4.30. The predicted molar refractivity (Wildman–Crippen MR) is 84.9 cm³/mol. The molecule has 0 unspecified atom stereocenters. The Labute approximate surface area is 129 Å². The summed E-state index contributed by atoms with van der Waals surface area (Å²) in [5, 5.41) is 0. The molecular weight excluding hydrogens is 278 g/mol. The number of piperidine rings is 1. The Hall–Kier alpha value is -2.24. The summed E-state index contributed by atoms with van der Waals surface area (Å²) in [4.78, 5) is 27.2. The van der Waals surface area contributed by atoms with E-state index in [2.05, 4.69) is 19.9 Å². The molecule has 0 aliphatic carbocycles. The number of hydrogen-bond donors (Lipinski definition) is 0. The summed E-state index contributed by atoms with van der Waals surface area (Å²) in [6, 6.07) is 0. The zero-order valence-corrected chi connectivity index (χ0v) is 13.1. The molecule has 0 atom stereocenters. The van der Waals surface area contributed by atoms with E-state index in [1.807, 2.05) is 13.8 Å². The van der Waals surface area contributed by atoms with E-state index in [0.29, 0.717) is 11.5 Å². The number of rotatable bonds is 3. The lowest BCUT2D eigenvalue weighted by atomic mass is 9.96. The first-order chi connectivity index (χ1) is 10.6. The van der Waals surface area contributed by atoms with Gasteiger partial charge in [-0.25, -0.2) is 9.97 Å². The first-order valence-corrected chi connectivity index (χ1v) is 7.68. The molecule has 1 aliphatic heterocycles. The van der Waals surface area contributed by atoms with E-state index in [9.17, 15) is 4.79 Å². The van der Waals surface area contributed by atoms with Gasteiger partial charge in [0.1, 0.15) is 5.82 Å². The fourth-order valence-corrected chi connectivity index (χ4v) is 3.01. The van der Waals surface area contributed by atoms with Gasteiger partial charge in [0.15, 0.2) is 0 Å². The number of aryl methyl sites for hydroxylation is 2. The van der Waals surface area contributed by atoms with Gasteiger partial charge in [0.25, 0.3) is 5.56 Å². The summed E-state index contributed by atoms with van der Waals surface area (Å²) in [6.07, 6.45) is 8.84. The Bertz CT molecular complexity index is 704. The first-order valence-electron chi connectivity index (χ1n) is 7.68. The maximum atomic E-state index is 12.1. The highest BCUT2D eigenvalue weighted by Crippen LogP contribution is 2.23. The molecule has 0 N–H and O–H groups in total. The Morgan fingerprint density at radius 1 is 1.18 bits per heavy atom. The van der Waals surface area contributed by atoms with E-state index < -0.39 is 0 Å². The lowest BCUT2D eigenvalue weighted by molar-refractivity contribution is 0.349. The molecule has 1 fully saturated rings. The number of hydrogen-bond acceptors (Lipinski definition) is 5. The van der Waals surface area contributed by atoms with Crippen LogP contribution < -0.4 is 10.5 Å². The van der Waals surface area contributed by atoms with Gasteiger partial charge in [0.2, 0.25) is 0 Å². The molecule has 116 valence electrons. The van der Waals surface area contributed by atoms with Crippen molar-refractivity contribution >= 4 is 5.82 Å². The lowest BCUT2D eigenvalue weighted by Gasteiger charge is -2.33. The summed E-state index contributed by atoms with van der Waals surface area (Å²) >= 11 is 0. The second-order valence-electron chi connectivity index (χ2n) is 5.93. The third kappa shape index (κ3) is 3.00. The van der Waals surface area contributed by atoms with Gasteiger partial charge < -0.3 is 4.90 Å². The topological polar surface area (TPSA) is 63.9 Å². The van der Waals surface area contributed by atoms with Gasteiger partial charge in [-0.15, -0.1) is 0 Å². The molecule has 3 rings (SSSR count). The van der Waals surface area contributed by atoms with Crippen molar-refractivity contribution in [3.8, 4) is 0 Å². The highest BCUT2D eigenvalue weighted by atomic mass is 16.1. The third-order valence-electron chi connectivity index (χ3n) is 4.30. The van der Waals surface area contributed by atoms with Crippen LogP contribution in [-0.2, 0) is 6.54 Å².